The number of aryl methyl sites for hydroxylation is 1. The fourth-order valence-corrected chi connectivity index (χ4v) is 2.78. The molecule has 0 saturated carbocycles. The predicted octanol–water partition coefficient (Wildman–Crippen LogP) is 3.10. The summed E-state index contributed by atoms with van der Waals surface area (Å²) in [5.41, 5.74) is 9.15. The number of nitrogen functional groups attached to an aromatic ring is 1. The molecule has 0 atom stereocenters. The van der Waals surface area contributed by atoms with Crippen molar-refractivity contribution in [2.24, 2.45) is 7.05 Å². The molecule has 0 aliphatic carbocycles. The molecule has 0 bridgehead atoms. The van der Waals surface area contributed by atoms with Crippen LogP contribution in [0.3, 0.4) is 0 Å². The topological polar surface area (TPSA) is 78.8 Å². The standard InChI is InChI=1S/C17H18ClN5O/c1-3-24-14-7-5-4-6-11(14)8-12-10-23(2)22-16(12)13-9-15(18)21-17(19)20-13/h4-7,9-10H,3,8H2,1-2H3,(H2,19,20,21). The SMILES string of the molecule is CCOc1ccccc1Cc1cn(C)nc1-c1cc(Cl)nc(N)n1. The third-order valence-corrected chi connectivity index (χ3v) is 3.71. The van der Waals surface area contributed by atoms with E-state index in [9.17, 15) is 0 Å². The van der Waals surface area contributed by atoms with Gasteiger partial charge in [0.1, 0.15) is 16.6 Å². The minimum absolute atomic E-state index is 0.129. The van der Waals surface area contributed by atoms with E-state index in [0.29, 0.717) is 23.9 Å². The van der Waals surface area contributed by atoms with Gasteiger partial charge in [-0.1, -0.05) is 29.8 Å². The number of para-hydroxylation sites is 1. The van der Waals surface area contributed by atoms with Gasteiger partial charge in [-0.3, -0.25) is 4.68 Å². The van der Waals surface area contributed by atoms with Crippen LogP contribution in [0.15, 0.2) is 36.5 Å². The molecule has 2 N–H and O–H groups in total. The quantitative estimate of drug-likeness (QED) is 0.720. The Kier molecular flexibility index (Phi) is 4.66. The Balaban J connectivity index is 2.01. The molecule has 1 aromatic carbocycles. The van der Waals surface area contributed by atoms with Crippen LogP contribution in [0.5, 0.6) is 5.75 Å². The maximum Gasteiger partial charge on any atom is 0.222 e. The number of nitrogens with two attached hydrogens (primary N) is 1. The van der Waals surface area contributed by atoms with Crippen LogP contribution in [0.25, 0.3) is 11.4 Å². The highest BCUT2D eigenvalue weighted by Crippen LogP contribution is 2.28. The number of hydrogen-bond acceptors (Lipinski definition) is 5. The van der Waals surface area contributed by atoms with Crippen molar-refractivity contribution in [2.45, 2.75) is 13.3 Å². The van der Waals surface area contributed by atoms with Gasteiger partial charge in [0.2, 0.25) is 5.95 Å². The first-order valence-electron chi connectivity index (χ1n) is 7.60. The zero-order valence-corrected chi connectivity index (χ0v) is 14.3. The van der Waals surface area contributed by atoms with Gasteiger partial charge in [-0.05, 0) is 18.6 Å². The van der Waals surface area contributed by atoms with Crippen molar-refractivity contribution < 1.29 is 4.74 Å². The largest absolute Gasteiger partial charge is 0.494 e. The average Bonchev–Trinajstić information content (AvgIpc) is 2.89. The summed E-state index contributed by atoms with van der Waals surface area (Å²) in [6, 6.07) is 9.63. The molecule has 0 spiro atoms. The van der Waals surface area contributed by atoms with Gasteiger partial charge in [0.05, 0.1) is 12.3 Å². The van der Waals surface area contributed by atoms with Crippen molar-refractivity contribution in [1.82, 2.24) is 19.7 Å². The molecule has 24 heavy (non-hydrogen) atoms. The van der Waals surface area contributed by atoms with Crippen LogP contribution in [0.4, 0.5) is 5.95 Å². The lowest BCUT2D eigenvalue weighted by atomic mass is 10.0. The van der Waals surface area contributed by atoms with E-state index in [1.54, 1.807) is 10.7 Å². The van der Waals surface area contributed by atoms with Crippen LogP contribution in [0, 0.1) is 0 Å². The number of nitrogens with zero attached hydrogens (tertiary/aromatic N) is 4. The van der Waals surface area contributed by atoms with E-state index in [0.717, 1.165) is 22.6 Å². The summed E-state index contributed by atoms with van der Waals surface area (Å²) in [6.07, 6.45) is 2.63. The molecule has 7 heteroatoms. The first-order valence-corrected chi connectivity index (χ1v) is 7.98. The molecule has 0 aliphatic heterocycles. The van der Waals surface area contributed by atoms with Gasteiger partial charge in [-0.2, -0.15) is 5.10 Å². The molecule has 3 rings (SSSR count). The number of benzene rings is 1. The predicted molar refractivity (Wildman–Crippen MR) is 94.1 cm³/mol. The van der Waals surface area contributed by atoms with Crippen LogP contribution in [-0.2, 0) is 13.5 Å². The Hall–Kier alpha value is -2.60. The molecule has 0 fully saturated rings. The number of hydrogen-bond donors (Lipinski definition) is 1. The maximum absolute atomic E-state index is 6.00. The van der Waals surface area contributed by atoms with Gasteiger partial charge in [0, 0.05) is 31.3 Å². The summed E-state index contributed by atoms with van der Waals surface area (Å²) in [7, 11) is 1.87. The second kappa shape index (κ2) is 6.88. The van der Waals surface area contributed by atoms with E-state index in [1.807, 2.05) is 44.4 Å². The lowest BCUT2D eigenvalue weighted by molar-refractivity contribution is 0.337. The molecule has 0 saturated heterocycles. The van der Waals surface area contributed by atoms with Gasteiger partial charge in [-0.25, -0.2) is 9.97 Å². The number of halogens is 1. The molecular formula is C17H18ClN5O. The molecule has 0 unspecified atom stereocenters. The highest BCUT2D eigenvalue weighted by Gasteiger charge is 2.15. The van der Waals surface area contributed by atoms with Crippen LogP contribution in [0.2, 0.25) is 5.15 Å². The van der Waals surface area contributed by atoms with Crippen LogP contribution < -0.4 is 10.5 Å². The Morgan fingerprint density at radius 1 is 1.21 bits per heavy atom. The lowest BCUT2D eigenvalue weighted by Crippen LogP contribution is -2.00. The highest BCUT2D eigenvalue weighted by molar-refractivity contribution is 6.29. The van der Waals surface area contributed by atoms with E-state index in [2.05, 4.69) is 15.1 Å². The van der Waals surface area contributed by atoms with Crippen molar-refractivity contribution in [3.8, 4) is 17.1 Å². The second-order valence-corrected chi connectivity index (χ2v) is 5.72. The monoisotopic (exact) mass is 343 g/mol. The highest BCUT2D eigenvalue weighted by atomic mass is 35.5. The van der Waals surface area contributed by atoms with E-state index in [-0.39, 0.29) is 5.95 Å². The minimum Gasteiger partial charge on any atom is -0.494 e. The Bertz CT molecular complexity index is 842. The first-order chi connectivity index (χ1) is 11.6. The zero-order valence-electron chi connectivity index (χ0n) is 13.5. The molecule has 124 valence electrons. The summed E-state index contributed by atoms with van der Waals surface area (Å²) >= 11 is 6.00. The molecule has 0 aliphatic rings. The smallest absolute Gasteiger partial charge is 0.222 e. The minimum atomic E-state index is 0.129. The summed E-state index contributed by atoms with van der Waals surface area (Å²) in [6.45, 7) is 2.59. The third-order valence-electron chi connectivity index (χ3n) is 3.51. The third kappa shape index (κ3) is 3.49. The van der Waals surface area contributed by atoms with Crippen molar-refractivity contribution in [2.75, 3.05) is 12.3 Å². The number of aromatic nitrogens is 4. The zero-order chi connectivity index (χ0) is 17.1. The van der Waals surface area contributed by atoms with Gasteiger partial charge < -0.3 is 10.5 Å². The molecule has 3 aromatic rings. The molecule has 6 nitrogen and oxygen atoms in total. The fraction of sp³-hybridized carbons (Fsp3) is 0.235. The normalized spacial score (nSPS) is 10.8. The van der Waals surface area contributed by atoms with Crippen molar-refractivity contribution >= 4 is 17.5 Å². The fourth-order valence-electron chi connectivity index (χ4n) is 2.59. The lowest BCUT2D eigenvalue weighted by Gasteiger charge is -2.10. The summed E-state index contributed by atoms with van der Waals surface area (Å²) < 4.78 is 7.46. The van der Waals surface area contributed by atoms with Crippen LogP contribution >= 0.6 is 11.6 Å². The van der Waals surface area contributed by atoms with Gasteiger partial charge >= 0.3 is 0 Å². The molecule has 2 heterocycles. The maximum atomic E-state index is 6.00. The van der Waals surface area contributed by atoms with Gasteiger partial charge in [-0.15, -0.1) is 0 Å². The first kappa shape index (κ1) is 16.3. The average molecular weight is 344 g/mol. The van der Waals surface area contributed by atoms with Crippen LogP contribution in [0.1, 0.15) is 18.1 Å². The number of ether oxygens (including phenoxy) is 1. The Labute approximate surface area is 145 Å². The molecule has 0 amide bonds. The van der Waals surface area contributed by atoms with E-state index < -0.39 is 0 Å². The summed E-state index contributed by atoms with van der Waals surface area (Å²) in [4.78, 5) is 8.15. The molecular weight excluding hydrogens is 326 g/mol. The van der Waals surface area contributed by atoms with E-state index in [1.165, 1.54) is 0 Å². The van der Waals surface area contributed by atoms with Gasteiger partial charge in [0.25, 0.3) is 0 Å². The number of rotatable bonds is 5. The van der Waals surface area contributed by atoms with E-state index in [4.69, 9.17) is 22.1 Å². The van der Waals surface area contributed by atoms with Crippen molar-refractivity contribution in [3.05, 3.63) is 52.8 Å². The van der Waals surface area contributed by atoms with Crippen molar-refractivity contribution in [3.63, 3.8) is 0 Å². The Morgan fingerprint density at radius 3 is 2.75 bits per heavy atom. The molecule has 0 radical (unpaired) electrons. The number of anilines is 1. The summed E-state index contributed by atoms with van der Waals surface area (Å²) in [5.74, 6) is 0.999. The van der Waals surface area contributed by atoms with Crippen molar-refractivity contribution in [1.29, 1.82) is 0 Å². The van der Waals surface area contributed by atoms with Crippen LogP contribution in [-0.4, -0.2) is 26.4 Å². The molecule has 2 aromatic heterocycles. The van der Waals surface area contributed by atoms with Gasteiger partial charge in [0.15, 0.2) is 0 Å². The second-order valence-electron chi connectivity index (χ2n) is 5.33. The van der Waals surface area contributed by atoms with E-state index >= 15 is 0 Å². The summed E-state index contributed by atoms with van der Waals surface area (Å²) in [5, 5.41) is 4.80. The Morgan fingerprint density at radius 2 is 2.00 bits per heavy atom.